The summed E-state index contributed by atoms with van der Waals surface area (Å²) in [5, 5.41) is 5.66. The fraction of sp³-hybridized carbons (Fsp3) is 0.107. The third-order valence-corrected chi connectivity index (χ3v) is 6.79. The molecule has 0 saturated carbocycles. The van der Waals surface area contributed by atoms with E-state index in [1.54, 1.807) is 47.4 Å². The molecule has 180 valence electrons. The second-order valence-corrected chi connectivity index (χ2v) is 9.29. The quantitative estimate of drug-likeness (QED) is 0.326. The van der Waals surface area contributed by atoms with Crippen LogP contribution in [0.5, 0.6) is 0 Å². The van der Waals surface area contributed by atoms with Gasteiger partial charge in [0.25, 0.3) is 17.7 Å². The molecule has 0 unspecified atom stereocenters. The summed E-state index contributed by atoms with van der Waals surface area (Å²) in [5.41, 5.74) is 2.98. The van der Waals surface area contributed by atoms with Crippen molar-refractivity contribution in [1.82, 2.24) is 0 Å². The average molecular weight is 498 g/mol. The first-order chi connectivity index (χ1) is 17.5. The van der Waals surface area contributed by atoms with Crippen LogP contribution in [0.15, 0.2) is 99.3 Å². The van der Waals surface area contributed by atoms with Crippen LogP contribution in [-0.4, -0.2) is 24.3 Å². The first-order valence-corrected chi connectivity index (χ1v) is 12.3. The number of nitrogens with one attached hydrogen (secondary N) is 2. The van der Waals surface area contributed by atoms with Gasteiger partial charge in [0.15, 0.2) is 5.76 Å². The Kier molecular flexibility index (Phi) is 6.60. The smallest absolute Gasteiger partial charge is 0.291 e. The van der Waals surface area contributed by atoms with Gasteiger partial charge in [0.2, 0.25) is 0 Å². The van der Waals surface area contributed by atoms with Crippen LogP contribution in [0.1, 0.15) is 44.6 Å². The third-order valence-electron chi connectivity index (χ3n) is 5.67. The van der Waals surface area contributed by atoms with Gasteiger partial charge >= 0.3 is 0 Å². The molecular weight excluding hydrogens is 474 g/mol. The van der Waals surface area contributed by atoms with Crippen molar-refractivity contribution in [3.8, 4) is 0 Å². The Bertz CT molecular complexity index is 1450. The second-order valence-electron chi connectivity index (χ2n) is 8.20. The predicted molar refractivity (Wildman–Crippen MR) is 140 cm³/mol. The normalized spacial score (nSPS) is 12.4. The Morgan fingerprint density at radius 2 is 1.67 bits per heavy atom. The summed E-state index contributed by atoms with van der Waals surface area (Å²) in [6, 6.07) is 23.0. The number of fused-ring (bicyclic) bond motifs is 2. The Morgan fingerprint density at radius 1 is 0.861 bits per heavy atom. The minimum absolute atomic E-state index is 0.0242. The van der Waals surface area contributed by atoms with Crippen molar-refractivity contribution in [1.29, 1.82) is 0 Å². The minimum atomic E-state index is -0.396. The molecule has 36 heavy (non-hydrogen) atoms. The molecule has 7 nitrogen and oxygen atoms in total. The fourth-order valence-corrected chi connectivity index (χ4v) is 5.11. The minimum Gasteiger partial charge on any atom is -0.459 e. The lowest BCUT2D eigenvalue weighted by molar-refractivity contribution is 0.0980. The van der Waals surface area contributed by atoms with Crippen molar-refractivity contribution in [3.05, 3.63) is 102 Å². The summed E-state index contributed by atoms with van der Waals surface area (Å²) < 4.78 is 5.11. The number of hydrogen-bond donors (Lipinski definition) is 2. The average Bonchev–Trinajstić information content (AvgIpc) is 3.40. The van der Waals surface area contributed by atoms with Crippen molar-refractivity contribution in [2.45, 2.75) is 23.1 Å². The number of hydrogen-bond acceptors (Lipinski definition) is 5. The lowest BCUT2D eigenvalue weighted by atomic mass is 10.1. The molecule has 1 aliphatic rings. The molecule has 4 aromatic rings. The Morgan fingerprint density at radius 3 is 2.47 bits per heavy atom. The van der Waals surface area contributed by atoms with E-state index in [9.17, 15) is 14.4 Å². The van der Waals surface area contributed by atoms with E-state index in [0.29, 0.717) is 29.0 Å². The fourth-order valence-electron chi connectivity index (χ4n) is 3.99. The summed E-state index contributed by atoms with van der Waals surface area (Å²) >= 11 is 1.51. The van der Waals surface area contributed by atoms with Gasteiger partial charge in [-0.1, -0.05) is 36.9 Å². The van der Waals surface area contributed by atoms with Crippen LogP contribution in [0, 0.1) is 0 Å². The maximum atomic E-state index is 13.2. The van der Waals surface area contributed by atoms with Crippen LogP contribution in [-0.2, 0) is 0 Å². The zero-order valence-corrected chi connectivity index (χ0v) is 20.3. The molecule has 2 heterocycles. The lowest BCUT2D eigenvalue weighted by Crippen LogP contribution is -2.31. The number of furan rings is 1. The van der Waals surface area contributed by atoms with Gasteiger partial charge in [0.1, 0.15) is 0 Å². The van der Waals surface area contributed by atoms with E-state index in [2.05, 4.69) is 10.6 Å². The van der Waals surface area contributed by atoms with Gasteiger partial charge in [0, 0.05) is 33.3 Å². The molecule has 0 aliphatic carbocycles. The molecule has 0 atom stereocenters. The van der Waals surface area contributed by atoms with E-state index in [1.807, 2.05) is 43.3 Å². The van der Waals surface area contributed by atoms with Crippen LogP contribution in [0.3, 0.4) is 0 Å². The standard InChI is InChI=1S/C28H23N3O4S/c1-2-14-31-22-13-12-20(17-25(22)36-24-11-4-3-9-21(24)28(31)34)29-26(32)18-7-5-8-19(16-18)30-27(33)23-10-6-15-35-23/h3-13,15-17H,2,14H2,1H3,(H,29,32)(H,30,33). The lowest BCUT2D eigenvalue weighted by Gasteiger charge is -2.22. The molecule has 2 N–H and O–H groups in total. The van der Waals surface area contributed by atoms with Crippen LogP contribution in [0.2, 0.25) is 0 Å². The molecule has 0 bridgehead atoms. The van der Waals surface area contributed by atoms with Crippen molar-refractivity contribution >= 4 is 46.5 Å². The summed E-state index contributed by atoms with van der Waals surface area (Å²) in [4.78, 5) is 42.1. The number of anilines is 3. The zero-order valence-electron chi connectivity index (χ0n) is 19.5. The van der Waals surface area contributed by atoms with Crippen LogP contribution in [0.25, 0.3) is 0 Å². The van der Waals surface area contributed by atoms with Crippen molar-refractivity contribution < 1.29 is 18.8 Å². The van der Waals surface area contributed by atoms with E-state index >= 15 is 0 Å². The van der Waals surface area contributed by atoms with Gasteiger partial charge in [-0.25, -0.2) is 0 Å². The summed E-state index contributed by atoms with van der Waals surface area (Å²) in [5.74, 6) is -0.551. The van der Waals surface area contributed by atoms with E-state index in [-0.39, 0.29) is 17.6 Å². The highest BCUT2D eigenvalue weighted by molar-refractivity contribution is 7.99. The Hall–Kier alpha value is -4.30. The molecule has 1 aliphatic heterocycles. The van der Waals surface area contributed by atoms with Crippen molar-refractivity contribution in [2.75, 3.05) is 22.1 Å². The van der Waals surface area contributed by atoms with Crippen LogP contribution in [0.4, 0.5) is 17.1 Å². The van der Waals surface area contributed by atoms with E-state index in [0.717, 1.165) is 21.9 Å². The second kappa shape index (κ2) is 10.1. The van der Waals surface area contributed by atoms with E-state index in [1.165, 1.54) is 18.0 Å². The third kappa shape index (κ3) is 4.76. The number of amides is 3. The van der Waals surface area contributed by atoms with Crippen LogP contribution < -0.4 is 15.5 Å². The maximum absolute atomic E-state index is 13.2. The maximum Gasteiger partial charge on any atom is 0.291 e. The van der Waals surface area contributed by atoms with Gasteiger partial charge in [-0.15, -0.1) is 0 Å². The van der Waals surface area contributed by atoms with Gasteiger partial charge in [-0.2, -0.15) is 0 Å². The number of rotatable bonds is 6. The molecule has 3 aromatic carbocycles. The number of carbonyl (C=O) groups excluding carboxylic acids is 3. The SMILES string of the molecule is CCCN1C(=O)c2ccccc2Sc2cc(NC(=O)c3cccc(NC(=O)c4ccco4)c3)ccc21. The predicted octanol–water partition coefficient (Wildman–Crippen LogP) is 6.31. The molecule has 5 rings (SSSR count). The number of benzene rings is 3. The molecule has 3 amide bonds. The first kappa shape index (κ1) is 23.4. The van der Waals surface area contributed by atoms with Gasteiger partial charge in [-0.05, 0) is 67.1 Å². The van der Waals surface area contributed by atoms with Crippen molar-refractivity contribution in [3.63, 3.8) is 0 Å². The summed E-state index contributed by atoms with van der Waals surface area (Å²) in [6.45, 7) is 2.64. The van der Waals surface area contributed by atoms with Gasteiger partial charge in [0.05, 0.1) is 17.5 Å². The molecule has 8 heteroatoms. The first-order valence-electron chi connectivity index (χ1n) is 11.5. The molecule has 0 saturated heterocycles. The van der Waals surface area contributed by atoms with E-state index in [4.69, 9.17) is 4.42 Å². The topological polar surface area (TPSA) is 91.7 Å². The molecule has 1 aromatic heterocycles. The van der Waals surface area contributed by atoms with Crippen molar-refractivity contribution in [2.24, 2.45) is 0 Å². The Balaban J connectivity index is 1.38. The van der Waals surface area contributed by atoms with Crippen LogP contribution >= 0.6 is 11.8 Å². The number of carbonyl (C=O) groups is 3. The summed E-state index contributed by atoms with van der Waals surface area (Å²) in [6.07, 6.45) is 2.25. The highest BCUT2D eigenvalue weighted by atomic mass is 32.2. The zero-order chi connectivity index (χ0) is 25.1. The molecule has 0 spiro atoms. The highest BCUT2D eigenvalue weighted by Gasteiger charge is 2.27. The molecule has 0 fully saturated rings. The number of nitrogens with zero attached hydrogens (tertiary/aromatic N) is 1. The van der Waals surface area contributed by atoms with Gasteiger partial charge < -0.3 is 20.0 Å². The van der Waals surface area contributed by atoms with Gasteiger partial charge in [-0.3, -0.25) is 14.4 Å². The molecular formula is C28H23N3O4S. The van der Waals surface area contributed by atoms with E-state index < -0.39 is 5.91 Å². The largest absolute Gasteiger partial charge is 0.459 e. The molecule has 0 radical (unpaired) electrons. The monoisotopic (exact) mass is 497 g/mol. The highest BCUT2D eigenvalue weighted by Crippen LogP contribution is 2.42. The Labute approximate surface area is 212 Å². The summed E-state index contributed by atoms with van der Waals surface area (Å²) in [7, 11) is 0.